The molecular weight excluding hydrogens is 396 g/mol. The summed E-state index contributed by atoms with van der Waals surface area (Å²) in [4.78, 5) is 5.73. The number of nitrogens with zero attached hydrogens (tertiary/aromatic N) is 2. The van der Waals surface area contributed by atoms with Crippen molar-refractivity contribution in [3.05, 3.63) is 51.0 Å². The Morgan fingerprint density at radius 2 is 1.85 bits per heavy atom. The Morgan fingerprint density at radius 1 is 1.22 bits per heavy atom. The normalized spacial score (nSPS) is 13.5. The zero-order valence-corrected chi connectivity index (χ0v) is 17.4. The lowest BCUT2D eigenvalue weighted by Gasteiger charge is -2.14. The van der Waals surface area contributed by atoms with E-state index in [-0.39, 0.29) is 16.0 Å². The molecule has 27 heavy (non-hydrogen) atoms. The van der Waals surface area contributed by atoms with Gasteiger partial charge in [-0.2, -0.15) is 13.2 Å². The van der Waals surface area contributed by atoms with Crippen LogP contribution in [-0.4, -0.2) is 9.56 Å². The minimum absolute atomic E-state index is 0.111. The molecule has 2 rings (SSSR count). The van der Waals surface area contributed by atoms with Crippen LogP contribution in [0.1, 0.15) is 50.6 Å². The lowest BCUT2D eigenvalue weighted by molar-refractivity contribution is -0.140. The molecule has 0 aliphatic rings. The summed E-state index contributed by atoms with van der Waals surface area (Å²) < 4.78 is 55.1. The first-order valence-electron chi connectivity index (χ1n) is 8.46. The first-order valence-corrected chi connectivity index (χ1v) is 9.68. The second kappa shape index (κ2) is 7.83. The first-order chi connectivity index (χ1) is 12.3. The molecule has 1 aromatic carbocycles. The van der Waals surface area contributed by atoms with E-state index in [2.05, 4.69) is 39.6 Å². The van der Waals surface area contributed by atoms with Crippen molar-refractivity contribution >= 4 is 28.5 Å². The third kappa shape index (κ3) is 5.25. The van der Waals surface area contributed by atoms with Gasteiger partial charge in [0.1, 0.15) is 10.8 Å². The lowest BCUT2D eigenvalue weighted by Crippen LogP contribution is -2.19. The van der Waals surface area contributed by atoms with Gasteiger partial charge in [-0.15, -0.1) is 11.3 Å². The van der Waals surface area contributed by atoms with Crippen molar-refractivity contribution in [2.24, 2.45) is 10.9 Å². The van der Waals surface area contributed by atoms with E-state index >= 15 is 0 Å². The van der Waals surface area contributed by atoms with Gasteiger partial charge in [0, 0.05) is 23.2 Å². The monoisotopic (exact) mass is 418 g/mol. The second-order valence-electron chi connectivity index (χ2n) is 7.76. The fourth-order valence-electron chi connectivity index (χ4n) is 2.40. The molecule has 0 unspecified atom stereocenters. The number of aromatic nitrogens is 1. The van der Waals surface area contributed by atoms with Gasteiger partial charge in [0.25, 0.3) is 0 Å². The van der Waals surface area contributed by atoms with E-state index in [0.717, 1.165) is 10.9 Å². The van der Waals surface area contributed by atoms with Crippen LogP contribution in [0.2, 0.25) is 0 Å². The van der Waals surface area contributed by atoms with Crippen LogP contribution in [0, 0.1) is 11.7 Å². The highest BCUT2D eigenvalue weighted by Crippen LogP contribution is 2.32. The van der Waals surface area contributed by atoms with E-state index in [9.17, 15) is 17.6 Å². The van der Waals surface area contributed by atoms with Gasteiger partial charge in [-0.1, -0.05) is 52.9 Å². The average molecular weight is 419 g/mol. The molecule has 0 saturated carbocycles. The Bertz CT molecular complexity index is 900. The molecule has 0 amide bonds. The molecule has 0 spiro atoms. The number of hydrogen-bond acceptors (Lipinski definition) is 2. The number of rotatable bonds is 3. The van der Waals surface area contributed by atoms with Crippen LogP contribution in [0.4, 0.5) is 17.6 Å². The molecule has 2 nitrogen and oxygen atoms in total. The molecule has 0 radical (unpaired) electrons. The molecule has 0 atom stereocenters. The number of thiazole rings is 1. The minimum Gasteiger partial charge on any atom is -0.323 e. The van der Waals surface area contributed by atoms with Gasteiger partial charge in [0.2, 0.25) is 0 Å². The van der Waals surface area contributed by atoms with Crippen LogP contribution in [0.3, 0.4) is 0 Å². The summed E-state index contributed by atoms with van der Waals surface area (Å²) in [7, 11) is 0. The smallest absolute Gasteiger partial charge is 0.323 e. The maximum Gasteiger partial charge on any atom is 0.419 e. The van der Waals surface area contributed by atoms with Gasteiger partial charge in [-0.3, -0.25) is 0 Å². The van der Waals surface area contributed by atoms with E-state index in [1.165, 1.54) is 17.4 Å². The van der Waals surface area contributed by atoms with E-state index < -0.39 is 17.6 Å². The predicted octanol–water partition coefficient (Wildman–Crippen LogP) is 5.94. The molecule has 8 heteroatoms. The molecule has 0 aliphatic heterocycles. The molecule has 0 bridgehead atoms. The van der Waals surface area contributed by atoms with Gasteiger partial charge in [-0.25, -0.2) is 9.38 Å². The summed E-state index contributed by atoms with van der Waals surface area (Å²) in [6, 6.07) is 3.06. The van der Waals surface area contributed by atoms with Gasteiger partial charge < -0.3 is 4.57 Å². The van der Waals surface area contributed by atoms with Crippen LogP contribution >= 0.6 is 23.6 Å². The second-order valence-corrected chi connectivity index (χ2v) is 9.15. The summed E-state index contributed by atoms with van der Waals surface area (Å²) in [5.41, 5.74) is -1.77. The first kappa shape index (κ1) is 21.8. The third-order valence-electron chi connectivity index (χ3n) is 3.75. The van der Waals surface area contributed by atoms with Crippen LogP contribution in [0.25, 0.3) is 0 Å². The van der Waals surface area contributed by atoms with Crippen molar-refractivity contribution in [3.63, 3.8) is 0 Å². The highest BCUT2D eigenvalue weighted by molar-refractivity contribution is 7.80. The third-order valence-corrected chi connectivity index (χ3v) is 5.51. The Kier molecular flexibility index (Phi) is 6.31. The van der Waals surface area contributed by atoms with Crippen molar-refractivity contribution in [2.75, 3.05) is 0 Å². The highest BCUT2D eigenvalue weighted by atomic mass is 32.1. The summed E-state index contributed by atoms with van der Waals surface area (Å²) in [5.74, 6) is -1.05. The topological polar surface area (TPSA) is 17.3 Å². The Balaban J connectivity index is 2.56. The molecule has 1 aromatic heterocycles. The summed E-state index contributed by atoms with van der Waals surface area (Å²) >= 11 is 6.58. The van der Waals surface area contributed by atoms with Crippen molar-refractivity contribution in [2.45, 2.75) is 52.8 Å². The average Bonchev–Trinajstić information content (AvgIpc) is 2.88. The van der Waals surface area contributed by atoms with Gasteiger partial charge >= 0.3 is 6.18 Å². The summed E-state index contributed by atoms with van der Waals surface area (Å²) in [6.07, 6.45) is -2.80. The number of alkyl halides is 3. The molecule has 0 N–H and O–H groups in total. The molecule has 148 valence electrons. The number of hydrogen-bond donors (Lipinski definition) is 0. The van der Waals surface area contributed by atoms with Crippen LogP contribution in [0.5, 0.6) is 0 Å². The van der Waals surface area contributed by atoms with Crippen LogP contribution in [0.15, 0.2) is 29.4 Å². The Labute approximate surface area is 165 Å². The Hall–Kier alpha value is -1.54. The quantitative estimate of drug-likeness (QED) is 0.446. The van der Waals surface area contributed by atoms with Crippen LogP contribution in [-0.2, 0) is 18.1 Å². The molecule has 2 aromatic rings. The van der Waals surface area contributed by atoms with E-state index in [1.54, 1.807) is 0 Å². The van der Waals surface area contributed by atoms with Crippen molar-refractivity contribution in [1.29, 1.82) is 0 Å². The van der Waals surface area contributed by atoms with E-state index in [0.29, 0.717) is 23.3 Å². The standard InChI is InChI=1S/C19H22F4N2S2/c1-11(2)9-25-10-14(18(3,4)5)27-17(25)24-16(26)12-7-6-8-13(15(12)20)19(21,22)23/h6-8,10-11H,9H2,1-5H3/b24-17-. The molecular formula is C19H22F4N2S2. The lowest BCUT2D eigenvalue weighted by atomic mass is 9.95. The highest BCUT2D eigenvalue weighted by Gasteiger charge is 2.35. The number of thiocarbonyl (C=S) groups is 1. The maximum atomic E-state index is 14.4. The van der Waals surface area contributed by atoms with Crippen molar-refractivity contribution < 1.29 is 17.6 Å². The largest absolute Gasteiger partial charge is 0.419 e. The Morgan fingerprint density at radius 3 is 2.37 bits per heavy atom. The van der Waals surface area contributed by atoms with Crippen LogP contribution < -0.4 is 4.80 Å². The maximum absolute atomic E-state index is 14.4. The van der Waals surface area contributed by atoms with Gasteiger partial charge in [-0.05, 0) is 23.5 Å². The van der Waals surface area contributed by atoms with E-state index in [1.807, 2.05) is 10.8 Å². The summed E-state index contributed by atoms with van der Waals surface area (Å²) in [6.45, 7) is 11.0. The molecule has 0 saturated heterocycles. The summed E-state index contributed by atoms with van der Waals surface area (Å²) in [5, 5.41) is 0. The number of halogens is 4. The van der Waals surface area contributed by atoms with Crippen molar-refractivity contribution in [3.8, 4) is 0 Å². The van der Waals surface area contributed by atoms with Gasteiger partial charge in [0.15, 0.2) is 4.80 Å². The van der Waals surface area contributed by atoms with Gasteiger partial charge in [0.05, 0.1) is 5.56 Å². The molecule has 1 heterocycles. The minimum atomic E-state index is -4.78. The fourth-order valence-corrected chi connectivity index (χ4v) is 3.77. The molecule has 0 aliphatic carbocycles. The van der Waals surface area contributed by atoms with E-state index in [4.69, 9.17) is 12.2 Å². The predicted molar refractivity (Wildman–Crippen MR) is 105 cm³/mol. The zero-order valence-electron chi connectivity index (χ0n) is 15.8. The zero-order chi connectivity index (χ0) is 20.6. The SMILES string of the molecule is CC(C)Cn1cc(C(C)(C)C)s/c1=N\C(=S)c1cccc(C(F)(F)F)c1F. The fraction of sp³-hybridized carbons (Fsp3) is 0.474. The van der Waals surface area contributed by atoms with Crippen molar-refractivity contribution in [1.82, 2.24) is 4.57 Å². The number of benzene rings is 1. The molecule has 0 fully saturated rings.